The first-order chi connectivity index (χ1) is 13.9. The molecule has 3 aromatic rings. The predicted octanol–water partition coefficient (Wildman–Crippen LogP) is 3.07. The second-order valence-electron chi connectivity index (χ2n) is 7.54. The summed E-state index contributed by atoms with van der Waals surface area (Å²) in [6, 6.07) is 4.85. The Labute approximate surface area is 164 Å². The molecule has 3 unspecified atom stereocenters. The Bertz CT molecular complexity index is 1020. The van der Waals surface area contributed by atoms with Gasteiger partial charge in [0.1, 0.15) is 0 Å². The average molecular weight is 404 g/mol. The summed E-state index contributed by atoms with van der Waals surface area (Å²) < 4.78 is 48.6. The van der Waals surface area contributed by atoms with Crippen molar-refractivity contribution in [2.75, 3.05) is 18.8 Å². The third-order valence-electron chi connectivity index (χ3n) is 5.51. The zero-order chi connectivity index (χ0) is 20.2. The Morgan fingerprint density at radius 1 is 1.10 bits per heavy atom. The highest BCUT2D eigenvalue weighted by molar-refractivity contribution is 5.79. The molecule has 10 heteroatoms. The van der Waals surface area contributed by atoms with Crippen molar-refractivity contribution >= 4 is 16.7 Å². The number of nitrogens with zero attached hydrogens (tertiary/aromatic N) is 4. The number of likely N-dealkylation sites (tertiary alicyclic amines) is 1. The molecule has 2 aromatic heterocycles. The van der Waals surface area contributed by atoms with E-state index in [1.807, 2.05) is 0 Å². The molecular formula is C19H19F3N6O. The van der Waals surface area contributed by atoms with Crippen LogP contribution in [0.2, 0.25) is 0 Å². The van der Waals surface area contributed by atoms with Crippen LogP contribution in [0, 0.1) is 0 Å². The zero-order valence-corrected chi connectivity index (χ0v) is 15.4. The van der Waals surface area contributed by atoms with Gasteiger partial charge < -0.3 is 10.5 Å². The Balaban J connectivity index is 1.64. The number of aromatic amines is 1. The van der Waals surface area contributed by atoms with E-state index in [1.54, 1.807) is 24.3 Å². The SMILES string of the molecule is Nc1ccc(-c2nc(C(N3CC4CCC(C3)O4)C(F)(F)F)c3cn[nH]c3n2)cc1. The van der Waals surface area contributed by atoms with Crippen LogP contribution in [0.25, 0.3) is 22.4 Å². The molecule has 0 radical (unpaired) electrons. The van der Waals surface area contributed by atoms with E-state index in [1.165, 1.54) is 11.1 Å². The molecule has 2 saturated heterocycles. The largest absolute Gasteiger partial charge is 0.409 e. The fourth-order valence-electron chi connectivity index (χ4n) is 4.22. The lowest BCUT2D eigenvalue weighted by Crippen LogP contribution is -2.49. The molecule has 7 nitrogen and oxygen atoms in total. The molecule has 0 saturated carbocycles. The summed E-state index contributed by atoms with van der Waals surface area (Å²) >= 11 is 0. The van der Waals surface area contributed by atoms with Crippen LogP contribution in [0.5, 0.6) is 0 Å². The van der Waals surface area contributed by atoms with Gasteiger partial charge in [-0.1, -0.05) is 0 Å². The van der Waals surface area contributed by atoms with E-state index in [0.29, 0.717) is 11.3 Å². The van der Waals surface area contributed by atoms with Gasteiger partial charge in [0.15, 0.2) is 17.5 Å². The Hall–Kier alpha value is -2.72. The Morgan fingerprint density at radius 2 is 1.79 bits per heavy atom. The number of benzene rings is 1. The van der Waals surface area contributed by atoms with Gasteiger partial charge in [-0.05, 0) is 37.1 Å². The van der Waals surface area contributed by atoms with Crippen LogP contribution in [-0.2, 0) is 4.74 Å². The minimum Gasteiger partial charge on any atom is -0.399 e. The third-order valence-corrected chi connectivity index (χ3v) is 5.51. The molecule has 0 aliphatic carbocycles. The summed E-state index contributed by atoms with van der Waals surface area (Å²) in [6.07, 6.45) is -1.92. The molecule has 3 atom stereocenters. The van der Waals surface area contributed by atoms with E-state index >= 15 is 0 Å². The summed E-state index contributed by atoms with van der Waals surface area (Å²) in [5, 5.41) is 6.86. The van der Waals surface area contributed by atoms with E-state index in [2.05, 4.69) is 20.2 Å². The first kappa shape index (κ1) is 18.3. The van der Waals surface area contributed by atoms with Crippen molar-refractivity contribution in [1.82, 2.24) is 25.1 Å². The van der Waals surface area contributed by atoms with Gasteiger partial charge in [-0.2, -0.15) is 18.3 Å². The number of hydrogen-bond acceptors (Lipinski definition) is 6. The van der Waals surface area contributed by atoms with Crippen molar-refractivity contribution in [2.45, 2.75) is 37.3 Å². The fourth-order valence-corrected chi connectivity index (χ4v) is 4.22. The van der Waals surface area contributed by atoms with Crippen molar-refractivity contribution in [2.24, 2.45) is 0 Å². The van der Waals surface area contributed by atoms with Crippen molar-refractivity contribution in [1.29, 1.82) is 0 Å². The summed E-state index contributed by atoms with van der Waals surface area (Å²) in [7, 11) is 0. The fraction of sp³-hybridized carbons (Fsp3) is 0.421. The summed E-state index contributed by atoms with van der Waals surface area (Å²) in [4.78, 5) is 10.2. The Kier molecular flexibility index (Phi) is 4.21. The molecule has 2 bridgehead atoms. The standard InChI is InChI=1S/C19H19F3N6O/c20-19(21,22)16(28-8-12-5-6-13(9-28)29-12)15-14-7-24-27-18(14)26-17(25-15)10-1-3-11(23)4-2-10/h1-4,7,12-13,16H,5-6,8-9,23H2,(H,24,25,26,27). The smallest absolute Gasteiger partial charge is 0.399 e. The number of ether oxygens (including phenoxy) is 1. The first-order valence-electron chi connectivity index (χ1n) is 9.41. The lowest BCUT2D eigenvalue weighted by atomic mass is 10.1. The van der Waals surface area contributed by atoms with E-state index in [4.69, 9.17) is 10.5 Å². The first-order valence-corrected chi connectivity index (χ1v) is 9.41. The van der Waals surface area contributed by atoms with Crippen molar-refractivity contribution in [3.05, 3.63) is 36.2 Å². The van der Waals surface area contributed by atoms with Crippen molar-refractivity contribution in [3.63, 3.8) is 0 Å². The van der Waals surface area contributed by atoms with E-state index < -0.39 is 12.2 Å². The van der Waals surface area contributed by atoms with Gasteiger partial charge in [0.25, 0.3) is 0 Å². The van der Waals surface area contributed by atoms with E-state index in [-0.39, 0.29) is 47.8 Å². The number of nitrogens with one attached hydrogen (secondary N) is 1. The number of H-pyrrole nitrogens is 1. The maximum absolute atomic E-state index is 14.3. The summed E-state index contributed by atoms with van der Waals surface area (Å²) in [6.45, 7) is 0.447. The Morgan fingerprint density at radius 3 is 2.45 bits per heavy atom. The average Bonchev–Trinajstić information content (AvgIpc) is 3.27. The van der Waals surface area contributed by atoms with Crippen LogP contribution in [0.1, 0.15) is 24.6 Å². The number of hydrogen-bond donors (Lipinski definition) is 2. The van der Waals surface area contributed by atoms with Crippen molar-refractivity contribution in [3.8, 4) is 11.4 Å². The molecule has 152 valence electrons. The minimum absolute atomic E-state index is 0.0932. The van der Waals surface area contributed by atoms with E-state index in [9.17, 15) is 13.2 Å². The highest BCUT2D eigenvalue weighted by Gasteiger charge is 2.50. The second kappa shape index (κ2) is 6.67. The van der Waals surface area contributed by atoms with Crippen molar-refractivity contribution < 1.29 is 17.9 Å². The maximum Gasteiger partial charge on any atom is 0.409 e. The summed E-state index contributed by atoms with van der Waals surface area (Å²) in [5.74, 6) is 0.197. The monoisotopic (exact) mass is 404 g/mol. The third kappa shape index (κ3) is 3.32. The molecule has 2 aliphatic heterocycles. The van der Waals surface area contributed by atoms with Crippen LogP contribution < -0.4 is 5.73 Å². The number of morpholine rings is 1. The zero-order valence-electron chi connectivity index (χ0n) is 15.4. The summed E-state index contributed by atoms with van der Waals surface area (Å²) in [5.41, 5.74) is 7.03. The highest BCUT2D eigenvalue weighted by Crippen LogP contribution is 2.42. The van der Waals surface area contributed by atoms with Gasteiger partial charge in [0.2, 0.25) is 0 Å². The number of nitrogens with two attached hydrogens (primary N) is 1. The number of anilines is 1. The molecule has 0 amide bonds. The normalized spacial score (nSPS) is 23.6. The number of alkyl halides is 3. The molecular weight excluding hydrogens is 385 g/mol. The quantitative estimate of drug-likeness (QED) is 0.652. The molecule has 3 N–H and O–H groups in total. The van der Waals surface area contributed by atoms with Crippen LogP contribution in [0.4, 0.5) is 18.9 Å². The van der Waals surface area contributed by atoms with E-state index in [0.717, 1.165) is 12.8 Å². The second-order valence-corrected chi connectivity index (χ2v) is 7.54. The minimum atomic E-state index is -4.51. The number of rotatable bonds is 3. The molecule has 29 heavy (non-hydrogen) atoms. The predicted molar refractivity (Wildman–Crippen MR) is 99.8 cm³/mol. The van der Waals surface area contributed by atoms with Crippen LogP contribution in [0.3, 0.4) is 0 Å². The lowest BCUT2D eigenvalue weighted by Gasteiger charge is -2.38. The van der Waals surface area contributed by atoms with Gasteiger partial charge >= 0.3 is 6.18 Å². The maximum atomic E-state index is 14.3. The van der Waals surface area contributed by atoms with Gasteiger partial charge in [-0.3, -0.25) is 10.00 Å². The lowest BCUT2D eigenvalue weighted by molar-refractivity contribution is -0.202. The number of nitrogen functional groups attached to an aromatic ring is 1. The van der Waals surface area contributed by atoms with Crippen LogP contribution in [-0.4, -0.2) is 56.5 Å². The van der Waals surface area contributed by atoms with Gasteiger partial charge in [-0.15, -0.1) is 0 Å². The number of halogens is 3. The molecule has 2 fully saturated rings. The van der Waals surface area contributed by atoms with Crippen LogP contribution in [0.15, 0.2) is 30.5 Å². The number of fused-ring (bicyclic) bond motifs is 3. The molecule has 4 heterocycles. The van der Waals surface area contributed by atoms with Gasteiger partial charge in [0.05, 0.1) is 29.5 Å². The highest BCUT2D eigenvalue weighted by atomic mass is 19.4. The van der Waals surface area contributed by atoms with Gasteiger partial charge in [-0.25, -0.2) is 9.97 Å². The molecule has 1 aromatic carbocycles. The topological polar surface area (TPSA) is 93.0 Å². The number of aromatic nitrogens is 4. The molecule has 5 rings (SSSR count). The van der Waals surface area contributed by atoms with Gasteiger partial charge in [0, 0.05) is 24.3 Å². The van der Waals surface area contributed by atoms with Crippen LogP contribution >= 0.6 is 0 Å². The molecule has 0 spiro atoms. The molecule has 2 aliphatic rings.